The predicted octanol–water partition coefficient (Wildman–Crippen LogP) is 4.43. The van der Waals surface area contributed by atoms with E-state index in [1.165, 1.54) is 0 Å². The highest BCUT2D eigenvalue weighted by Gasteiger charge is 2.18. The third kappa shape index (κ3) is 5.07. The molecule has 5 nitrogen and oxygen atoms in total. The molecule has 2 aromatic carbocycles. The number of amides is 1. The van der Waals surface area contributed by atoms with Gasteiger partial charge in [0.2, 0.25) is 5.91 Å². The average Bonchev–Trinajstić information content (AvgIpc) is 3.11. The zero-order valence-corrected chi connectivity index (χ0v) is 17.8. The Kier molecular flexibility index (Phi) is 6.99. The number of rotatable bonds is 8. The molecule has 2 atom stereocenters. The lowest BCUT2D eigenvalue weighted by molar-refractivity contribution is -0.118. The third-order valence-corrected chi connectivity index (χ3v) is 6.13. The summed E-state index contributed by atoms with van der Waals surface area (Å²) >= 11 is 7.89. The zero-order chi connectivity index (χ0) is 20.1. The van der Waals surface area contributed by atoms with Crippen LogP contribution in [0.4, 0.5) is 0 Å². The summed E-state index contributed by atoms with van der Waals surface area (Å²) in [5.74, 6) is 1.27. The van der Waals surface area contributed by atoms with Crippen molar-refractivity contribution in [2.24, 2.45) is 0 Å². The van der Waals surface area contributed by atoms with Gasteiger partial charge in [0.1, 0.15) is 5.82 Å². The molecule has 0 bridgehead atoms. The molecule has 0 aliphatic rings. The van der Waals surface area contributed by atoms with E-state index in [1.807, 2.05) is 62.6 Å². The Morgan fingerprint density at radius 3 is 2.64 bits per heavy atom. The second kappa shape index (κ2) is 9.45. The van der Waals surface area contributed by atoms with Crippen LogP contribution in [-0.4, -0.2) is 47.2 Å². The summed E-state index contributed by atoms with van der Waals surface area (Å²) in [6, 6.07) is 15.7. The first-order valence-electron chi connectivity index (χ1n) is 9.19. The van der Waals surface area contributed by atoms with Gasteiger partial charge in [-0.1, -0.05) is 41.9 Å². The number of para-hydroxylation sites is 2. The van der Waals surface area contributed by atoms with E-state index in [2.05, 4.69) is 27.1 Å². The van der Waals surface area contributed by atoms with E-state index in [-0.39, 0.29) is 17.2 Å². The highest BCUT2D eigenvalue weighted by Crippen LogP contribution is 2.28. The molecule has 0 saturated heterocycles. The van der Waals surface area contributed by atoms with Gasteiger partial charge in [-0.3, -0.25) is 4.79 Å². The fraction of sp³-hybridized carbons (Fsp3) is 0.333. The number of benzene rings is 2. The number of nitrogens with one attached hydrogen (secondary N) is 2. The number of hydrogen-bond donors (Lipinski definition) is 2. The Morgan fingerprint density at radius 2 is 1.93 bits per heavy atom. The molecule has 2 unspecified atom stereocenters. The lowest BCUT2D eigenvalue weighted by atomic mass is 10.1. The molecule has 3 aromatic rings. The third-order valence-electron chi connectivity index (χ3n) is 4.64. The number of H-pyrrole nitrogens is 1. The number of aromatic amines is 1. The number of halogens is 1. The average molecular weight is 417 g/mol. The molecule has 148 valence electrons. The van der Waals surface area contributed by atoms with E-state index in [0.717, 1.165) is 22.4 Å². The number of carbonyl (C=O) groups is 1. The molecule has 0 fully saturated rings. The number of nitrogens with zero attached hydrogens (tertiary/aromatic N) is 2. The quantitative estimate of drug-likeness (QED) is 0.570. The molecule has 3 rings (SSSR count). The van der Waals surface area contributed by atoms with Crippen LogP contribution in [-0.2, 0) is 4.79 Å². The van der Waals surface area contributed by atoms with Crippen molar-refractivity contribution in [3.8, 4) is 0 Å². The van der Waals surface area contributed by atoms with Gasteiger partial charge >= 0.3 is 0 Å². The van der Waals surface area contributed by atoms with Crippen molar-refractivity contribution in [1.82, 2.24) is 20.2 Å². The van der Waals surface area contributed by atoms with Gasteiger partial charge in [0.25, 0.3) is 0 Å². The smallest absolute Gasteiger partial charge is 0.230 e. The first-order chi connectivity index (χ1) is 13.5. The highest BCUT2D eigenvalue weighted by atomic mass is 35.5. The number of carbonyl (C=O) groups excluding carboxylic acids is 1. The van der Waals surface area contributed by atoms with E-state index in [0.29, 0.717) is 17.3 Å². The van der Waals surface area contributed by atoms with Crippen LogP contribution in [0, 0.1) is 0 Å². The molecule has 0 saturated carbocycles. The van der Waals surface area contributed by atoms with Crippen LogP contribution in [0.25, 0.3) is 11.0 Å². The monoisotopic (exact) mass is 416 g/mol. The molecule has 0 spiro atoms. The van der Waals surface area contributed by atoms with E-state index < -0.39 is 0 Å². The molecule has 0 aliphatic heterocycles. The van der Waals surface area contributed by atoms with Crippen molar-refractivity contribution in [3.63, 3.8) is 0 Å². The van der Waals surface area contributed by atoms with Crippen LogP contribution in [0.2, 0.25) is 5.02 Å². The number of thioether (sulfide) groups is 1. The second-order valence-corrected chi connectivity index (χ2v) is 8.63. The van der Waals surface area contributed by atoms with Crippen molar-refractivity contribution in [2.75, 3.05) is 26.4 Å². The fourth-order valence-electron chi connectivity index (χ4n) is 3.02. The number of likely N-dealkylation sites (N-methyl/N-ethyl adjacent to an activating group) is 1. The van der Waals surface area contributed by atoms with Gasteiger partial charge in [-0.05, 0) is 44.8 Å². The molecule has 1 aromatic heterocycles. The summed E-state index contributed by atoms with van der Waals surface area (Å²) in [6.45, 7) is 2.57. The zero-order valence-electron chi connectivity index (χ0n) is 16.3. The van der Waals surface area contributed by atoms with Crippen LogP contribution < -0.4 is 5.32 Å². The largest absolute Gasteiger partial charge is 0.353 e. The normalized spacial score (nSPS) is 13.6. The Bertz CT molecular complexity index is 910. The summed E-state index contributed by atoms with van der Waals surface area (Å²) < 4.78 is 0. The van der Waals surface area contributed by atoms with E-state index >= 15 is 0 Å². The molecule has 0 radical (unpaired) electrons. The lowest BCUT2D eigenvalue weighted by Gasteiger charge is -2.26. The number of imidazole rings is 1. The summed E-state index contributed by atoms with van der Waals surface area (Å²) in [5, 5.41) is 3.85. The second-order valence-electron chi connectivity index (χ2n) is 6.90. The van der Waals surface area contributed by atoms with Crippen molar-refractivity contribution in [1.29, 1.82) is 0 Å². The molecular weight excluding hydrogens is 392 g/mol. The van der Waals surface area contributed by atoms with E-state index in [1.54, 1.807) is 11.8 Å². The maximum Gasteiger partial charge on any atom is 0.230 e. The van der Waals surface area contributed by atoms with Gasteiger partial charge in [-0.15, -0.1) is 11.8 Å². The first-order valence-corrected chi connectivity index (χ1v) is 10.6. The lowest BCUT2D eigenvalue weighted by Crippen LogP contribution is -2.35. The van der Waals surface area contributed by atoms with E-state index in [9.17, 15) is 4.79 Å². The molecule has 0 aliphatic carbocycles. The minimum absolute atomic E-state index is 0.00636. The molecule has 1 heterocycles. The topological polar surface area (TPSA) is 61.0 Å². The number of aromatic nitrogens is 2. The maximum atomic E-state index is 12.4. The van der Waals surface area contributed by atoms with Crippen molar-refractivity contribution in [2.45, 2.75) is 18.2 Å². The summed E-state index contributed by atoms with van der Waals surface area (Å²) in [4.78, 5) is 22.4. The van der Waals surface area contributed by atoms with Gasteiger partial charge in [-0.25, -0.2) is 4.98 Å². The highest BCUT2D eigenvalue weighted by molar-refractivity contribution is 8.00. The molecule has 2 N–H and O–H groups in total. The molecule has 1 amide bonds. The Balaban J connectivity index is 1.54. The summed E-state index contributed by atoms with van der Waals surface area (Å²) in [7, 11) is 3.97. The Hall–Kier alpha value is -2.02. The van der Waals surface area contributed by atoms with Crippen molar-refractivity contribution < 1.29 is 4.79 Å². The minimum Gasteiger partial charge on any atom is -0.353 e. The van der Waals surface area contributed by atoms with Crippen LogP contribution in [0.3, 0.4) is 0 Å². The van der Waals surface area contributed by atoms with Crippen LogP contribution in [0.15, 0.2) is 48.5 Å². The summed E-state index contributed by atoms with van der Waals surface area (Å²) in [5.41, 5.74) is 2.98. The number of hydrogen-bond acceptors (Lipinski definition) is 4. The Morgan fingerprint density at radius 1 is 1.21 bits per heavy atom. The van der Waals surface area contributed by atoms with Crippen LogP contribution >= 0.6 is 23.4 Å². The van der Waals surface area contributed by atoms with Gasteiger partial charge in [0.05, 0.1) is 28.1 Å². The van der Waals surface area contributed by atoms with Gasteiger partial charge < -0.3 is 15.2 Å². The van der Waals surface area contributed by atoms with Gasteiger partial charge in [-0.2, -0.15) is 0 Å². The Labute approximate surface area is 174 Å². The molecule has 28 heavy (non-hydrogen) atoms. The minimum atomic E-state index is 0.00636. The van der Waals surface area contributed by atoms with Crippen molar-refractivity contribution in [3.05, 3.63) is 64.9 Å². The number of fused-ring (bicyclic) bond motifs is 1. The standard InChI is InChI=1S/C21H25ClN4OS/c1-14(21-24-17-10-6-7-11-18(17)25-21)28-13-20(27)23-12-19(26(2)3)15-8-4-5-9-16(15)22/h4-11,14,19H,12-13H2,1-3H3,(H,23,27)(H,24,25). The van der Waals surface area contributed by atoms with Crippen LogP contribution in [0.1, 0.15) is 29.6 Å². The van der Waals surface area contributed by atoms with Gasteiger partial charge in [0.15, 0.2) is 0 Å². The SMILES string of the molecule is CC(SCC(=O)NCC(c1ccccc1Cl)N(C)C)c1nc2ccccc2[nH]1. The maximum absolute atomic E-state index is 12.4. The summed E-state index contributed by atoms with van der Waals surface area (Å²) in [6.07, 6.45) is 0. The van der Waals surface area contributed by atoms with E-state index in [4.69, 9.17) is 11.6 Å². The van der Waals surface area contributed by atoms with Crippen LogP contribution in [0.5, 0.6) is 0 Å². The predicted molar refractivity (Wildman–Crippen MR) is 118 cm³/mol. The fourth-order valence-corrected chi connectivity index (χ4v) is 4.06. The molecular formula is C21H25ClN4OS. The first kappa shape index (κ1) is 20.7. The van der Waals surface area contributed by atoms with Gasteiger partial charge in [0, 0.05) is 11.6 Å². The molecule has 7 heteroatoms. The van der Waals surface area contributed by atoms with Crippen molar-refractivity contribution >= 4 is 40.3 Å².